The molecular weight excluding hydrogens is 294 g/mol. The van der Waals surface area contributed by atoms with E-state index in [0.29, 0.717) is 35.9 Å². The SMILES string of the molecule is COc1ccc(Nc2nccnc2C#N)cc1N1CCCC1=O. The number of amides is 1. The molecule has 0 aliphatic carbocycles. The molecule has 0 atom stereocenters. The number of carbonyl (C=O) groups excluding carboxylic acids is 1. The van der Waals surface area contributed by atoms with Crippen molar-refractivity contribution < 1.29 is 9.53 Å². The Balaban J connectivity index is 1.95. The molecule has 1 N–H and O–H groups in total. The maximum Gasteiger partial charge on any atom is 0.227 e. The van der Waals surface area contributed by atoms with Crippen molar-refractivity contribution in [3.63, 3.8) is 0 Å². The fraction of sp³-hybridized carbons (Fsp3) is 0.250. The predicted molar refractivity (Wildman–Crippen MR) is 84.6 cm³/mol. The number of ether oxygens (including phenoxy) is 1. The molecule has 1 fully saturated rings. The molecule has 1 aliphatic rings. The van der Waals surface area contributed by atoms with E-state index in [0.717, 1.165) is 6.42 Å². The van der Waals surface area contributed by atoms with Crippen LogP contribution in [0.15, 0.2) is 30.6 Å². The van der Waals surface area contributed by atoms with E-state index in [9.17, 15) is 4.79 Å². The Morgan fingerprint density at radius 2 is 2.17 bits per heavy atom. The average molecular weight is 309 g/mol. The molecule has 1 saturated heterocycles. The Kier molecular flexibility index (Phi) is 4.06. The van der Waals surface area contributed by atoms with Crippen LogP contribution in [-0.2, 0) is 4.79 Å². The van der Waals surface area contributed by atoms with Gasteiger partial charge in [0.05, 0.1) is 12.8 Å². The molecule has 0 spiro atoms. The number of nitrogens with one attached hydrogen (secondary N) is 1. The number of aromatic nitrogens is 2. The molecule has 1 amide bonds. The molecule has 1 aliphatic heterocycles. The lowest BCUT2D eigenvalue weighted by Crippen LogP contribution is -2.24. The Labute approximate surface area is 133 Å². The number of nitriles is 1. The van der Waals surface area contributed by atoms with Gasteiger partial charge in [-0.25, -0.2) is 9.97 Å². The van der Waals surface area contributed by atoms with Gasteiger partial charge in [0.2, 0.25) is 5.91 Å². The topological polar surface area (TPSA) is 91.1 Å². The summed E-state index contributed by atoms with van der Waals surface area (Å²) in [4.78, 5) is 21.8. The fourth-order valence-electron chi connectivity index (χ4n) is 2.53. The zero-order valence-corrected chi connectivity index (χ0v) is 12.6. The molecule has 7 nitrogen and oxygen atoms in total. The maximum atomic E-state index is 12.0. The highest BCUT2D eigenvalue weighted by Gasteiger charge is 2.24. The number of anilines is 3. The number of nitrogens with zero attached hydrogens (tertiary/aromatic N) is 4. The molecule has 2 aromatic rings. The van der Waals surface area contributed by atoms with E-state index in [1.54, 1.807) is 24.1 Å². The molecule has 2 heterocycles. The first-order valence-electron chi connectivity index (χ1n) is 7.19. The first-order valence-corrected chi connectivity index (χ1v) is 7.19. The van der Waals surface area contributed by atoms with Gasteiger partial charge in [-0.1, -0.05) is 0 Å². The normalized spacial score (nSPS) is 13.7. The summed E-state index contributed by atoms with van der Waals surface area (Å²) in [6.45, 7) is 0.674. The van der Waals surface area contributed by atoms with Crippen molar-refractivity contribution in [1.29, 1.82) is 5.26 Å². The highest BCUT2D eigenvalue weighted by molar-refractivity contribution is 5.97. The fourth-order valence-corrected chi connectivity index (χ4v) is 2.53. The van der Waals surface area contributed by atoms with Crippen LogP contribution in [0, 0.1) is 11.3 Å². The highest BCUT2D eigenvalue weighted by Crippen LogP contribution is 2.34. The minimum Gasteiger partial charge on any atom is -0.495 e. The van der Waals surface area contributed by atoms with Gasteiger partial charge in [-0.15, -0.1) is 0 Å². The second-order valence-electron chi connectivity index (χ2n) is 5.03. The summed E-state index contributed by atoms with van der Waals surface area (Å²) in [6, 6.07) is 7.39. The second kappa shape index (κ2) is 6.32. The van der Waals surface area contributed by atoms with Crippen LogP contribution in [0.5, 0.6) is 5.75 Å². The van der Waals surface area contributed by atoms with Crippen LogP contribution >= 0.6 is 0 Å². The van der Waals surface area contributed by atoms with Crippen LogP contribution in [-0.4, -0.2) is 29.5 Å². The van der Waals surface area contributed by atoms with Gasteiger partial charge in [0.15, 0.2) is 11.5 Å². The summed E-state index contributed by atoms with van der Waals surface area (Å²) in [5, 5.41) is 12.1. The third kappa shape index (κ3) is 2.92. The van der Waals surface area contributed by atoms with Crippen LogP contribution in [0.4, 0.5) is 17.2 Å². The summed E-state index contributed by atoms with van der Waals surface area (Å²) in [5.41, 5.74) is 1.63. The zero-order valence-electron chi connectivity index (χ0n) is 12.6. The van der Waals surface area contributed by atoms with Crippen molar-refractivity contribution in [3.8, 4) is 11.8 Å². The number of rotatable bonds is 4. The van der Waals surface area contributed by atoms with Gasteiger partial charge in [0, 0.05) is 31.0 Å². The minimum absolute atomic E-state index is 0.0812. The van der Waals surface area contributed by atoms with Gasteiger partial charge in [0.1, 0.15) is 11.8 Å². The smallest absolute Gasteiger partial charge is 0.227 e. The second-order valence-corrected chi connectivity index (χ2v) is 5.03. The quantitative estimate of drug-likeness (QED) is 0.931. The molecule has 1 aromatic carbocycles. The molecule has 1 aromatic heterocycles. The van der Waals surface area contributed by atoms with Gasteiger partial charge in [0.25, 0.3) is 0 Å². The molecule has 116 valence electrons. The first-order chi connectivity index (χ1) is 11.2. The molecule has 0 radical (unpaired) electrons. The van der Waals surface area contributed by atoms with E-state index in [-0.39, 0.29) is 11.6 Å². The van der Waals surface area contributed by atoms with E-state index in [4.69, 9.17) is 10.00 Å². The Hall–Kier alpha value is -3.14. The van der Waals surface area contributed by atoms with Crippen molar-refractivity contribution in [2.75, 3.05) is 23.9 Å². The van der Waals surface area contributed by atoms with Crippen molar-refractivity contribution >= 4 is 23.1 Å². The molecular formula is C16H15N5O2. The van der Waals surface area contributed by atoms with Crippen molar-refractivity contribution in [2.45, 2.75) is 12.8 Å². The van der Waals surface area contributed by atoms with Crippen LogP contribution < -0.4 is 15.0 Å². The van der Waals surface area contributed by atoms with E-state index < -0.39 is 0 Å². The summed E-state index contributed by atoms with van der Waals surface area (Å²) in [5.74, 6) is 1.09. The Bertz CT molecular complexity index is 784. The lowest BCUT2D eigenvalue weighted by Gasteiger charge is -2.20. The van der Waals surface area contributed by atoms with E-state index >= 15 is 0 Å². The molecule has 0 saturated carbocycles. The molecule has 0 bridgehead atoms. The standard InChI is InChI=1S/C16H15N5O2/c1-23-14-5-4-11(9-13(14)21-8-2-3-15(21)22)20-16-12(10-17)18-6-7-19-16/h4-7,9H,2-3,8H2,1H3,(H,19,20). The van der Waals surface area contributed by atoms with Gasteiger partial charge in [-0.05, 0) is 24.6 Å². The first kappa shape index (κ1) is 14.8. The maximum absolute atomic E-state index is 12.0. The van der Waals surface area contributed by atoms with E-state index in [1.807, 2.05) is 12.1 Å². The number of hydrogen-bond donors (Lipinski definition) is 1. The summed E-state index contributed by atoms with van der Waals surface area (Å²) in [6.07, 6.45) is 4.36. The monoisotopic (exact) mass is 309 g/mol. The van der Waals surface area contributed by atoms with E-state index in [2.05, 4.69) is 15.3 Å². The lowest BCUT2D eigenvalue weighted by atomic mass is 10.2. The van der Waals surface area contributed by atoms with Crippen molar-refractivity contribution in [2.24, 2.45) is 0 Å². The predicted octanol–water partition coefficient (Wildman–Crippen LogP) is 2.23. The van der Waals surface area contributed by atoms with Gasteiger partial charge >= 0.3 is 0 Å². The highest BCUT2D eigenvalue weighted by atomic mass is 16.5. The summed E-state index contributed by atoms with van der Waals surface area (Å²) in [7, 11) is 1.57. The Morgan fingerprint density at radius 1 is 1.35 bits per heavy atom. The number of carbonyl (C=O) groups is 1. The van der Waals surface area contributed by atoms with Gasteiger partial charge in [-0.3, -0.25) is 4.79 Å². The zero-order chi connectivity index (χ0) is 16.2. The minimum atomic E-state index is 0.0812. The summed E-state index contributed by atoms with van der Waals surface area (Å²) < 4.78 is 5.35. The van der Waals surface area contributed by atoms with Gasteiger partial charge in [-0.2, -0.15) is 5.26 Å². The molecule has 7 heteroatoms. The molecule has 3 rings (SSSR count). The van der Waals surface area contributed by atoms with Crippen LogP contribution in [0.2, 0.25) is 0 Å². The van der Waals surface area contributed by atoms with Gasteiger partial charge < -0.3 is 15.0 Å². The van der Waals surface area contributed by atoms with Crippen LogP contribution in [0.25, 0.3) is 0 Å². The largest absolute Gasteiger partial charge is 0.495 e. The Morgan fingerprint density at radius 3 is 2.87 bits per heavy atom. The number of benzene rings is 1. The lowest BCUT2D eigenvalue weighted by molar-refractivity contribution is -0.117. The third-order valence-electron chi connectivity index (χ3n) is 3.61. The third-order valence-corrected chi connectivity index (χ3v) is 3.61. The average Bonchev–Trinajstić information content (AvgIpc) is 3.01. The summed E-state index contributed by atoms with van der Waals surface area (Å²) >= 11 is 0. The van der Waals surface area contributed by atoms with E-state index in [1.165, 1.54) is 12.4 Å². The molecule has 23 heavy (non-hydrogen) atoms. The van der Waals surface area contributed by atoms with Crippen LogP contribution in [0.3, 0.4) is 0 Å². The molecule has 0 unspecified atom stereocenters. The van der Waals surface area contributed by atoms with Crippen molar-refractivity contribution in [3.05, 3.63) is 36.3 Å². The number of hydrogen-bond acceptors (Lipinski definition) is 6. The van der Waals surface area contributed by atoms with Crippen molar-refractivity contribution in [1.82, 2.24) is 9.97 Å². The number of methoxy groups -OCH3 is 1. The van der Waals surface area contributed by atoms with Crippen LogP contribution in [0.1, 0.15) is 18.5 Å².